The van der Waals surface area contributed by atoms with Gasteiger partial charge in [-0.1, -0.05) is 48.0 Å². The number of ether oxygens (including phenoxy) is 1. The molecule has 192 valence electrons. The van der Waals surface area contributed by atoms with Crippen LogP contribution < -0.4 is 10.2 Å². The molecular weight excluding hydrogens is 490 g/mol. The Morgan fingerprint density at radius 2 is 1.78 bits per heavy atom. The number of fused-ring (bicyclic) bond motifs is 4. The molecule has 1 aliphatic carbocycles. The molecule has 2 amide bonds. The van der Waals surface area contributed by atoms with Crippen LogP contribution in [0.2, 0.25) is 0 Å². The molecule has 6 rings (SSSR count). The fourth-order valence-corrected chi connectivity index (χ4v) is 5.71. The van der Waals surface area contributed by atoms with Crippen molar-refractivity contribution in [1.29, 1.82) is 0 Å². The number of aryl methyl sites for hydroxylation is 1. The number of halogens is 1. The average molecular weight is 520 g/mol. The predicted octanol–water partition coefficient (Wildman–Crippen LogP) is 5.04. The fourth-order valence-electron chi connectivity index (χ4n) is 5.71. The largest absolute Gasteiger partial charge is 0.444 e. The molecule has 0 saturated carbocycles. The van der Waals surface area contributed by atoms with Gasteiger partial charge in [0.2, 0.25) is 5.91 Å². The summed E-state index contributed by atoms with van der Waals surface area (Å²) in [7, 11) is 0. The van der Waals surface area contributed by atoms with Crippen molar-refractivity contribution in [3.05, 3.63) is 82.9 Å². The Labute approximate surface area is 222 Å². The summed E-state index contributed by atoms with van der Waals surface area (Å²) in [5, 5.41) is 13.6. The van der Waals surface area contributed by atoms with E-state index < -0.39 is 6.10 Å². The van der Waals surface area contributed by atoms with Crippen molar-refractivity contribution >= 4 is 35.8 Å². The van der Waals surface area contributed by atoms with E-state index in [1.165, 1.54) is 0 Å². The van der Waals surface area contributed by atoms with E-state index in [0.29, 0.717) is 13.2 Å². The van der Waals surface area contributed by atoms with Gasteiger partial charge in [-0.25, -0.2) is 4.79 Å². The van der Waals surface area contributed by atoms with Crippen LogP contribution in [0.25, 0.3) is 11.1 Å². The molecule has 2 aliphatic heterocycles. The van der Waals surface area contributed by atoms with Crippen molar-refractivity contribution < 1.29 is 19.4 Å². The van der Waals surface area contributed by atoms with Crippen LogP contribution in [0.3, 0.4) is 0 Å². The third-order valence-electron chi connectivity index (χ3n) is 7.51. The number of nitrogens with zero attached hydrogens (tertiary/aromatic N) is 2. The normalized spacial score (nSPS) is 18.8. The summed E-state index contributed by atoms with van der Waals surface area (Å²) in [4.78, 5) is 29.4. The number of hydrogen-bond acceptors (Lipinski definition) is 5. The number of nitrogens with one attached hydrogen (secondary N) is 1. The smallest absolute Gasteiger partial charge is 0.414 e. The molecular formula is C29H30ClN3O4. The first kappa shape index (κ1) is 25.3. The van der Waals surface area contributed by atoms with Gasteiger partial charge in [0.25, 0.3) is 0 Å². The third kappa shape index (κ3) is 4.70. The van der Waals surface area contributed by atoms with Crippen molar-refractivity contribution in [3.63, 3.8) is 0 Å². The summed E-state index contributed by atoms with van der Waals surface area (Å²) in [6.45, 7) is 4.11. The lowest BCUT2D eigenvalue weighted by Gasteiger charge is -2.40. The summed E-state index contributed by atoms with van der Waals surface area (Å²) in [5.41, 5.74) is 7.58. The number of anilines is 2. The first-order valence-electron chi connectivity index (χ1n) is 12.5. The van der Waals surface area contributed by atoms with Crippen LogP contribution in [-0.4, -0.2) is 47.7 Å². The molecule has 1 saturated heterocycles. The van der Waals surface area contributed by atoms with E-state index in [2.05, 4.69) is 16.3 Å². The minimum absolute atomic E-state index is 0. The standard InChI is InChI=1S/C29H29N3O4.ClH/c1-18-6-9-26-19(14-18)17-36-29(35)32(26)21-10-12-31(13-11-21)16-27(33)30-20-7-8-24-25(15-20)22-4-2-3-5-23(22)28(24)34;/h2-9,14-15,21,28,34H,10-13,16-17H2,1H3,(H,30,33);1H. The first-order chi connectivity index (χ1) is 17.5. The number of cyclic esters (lactones) is 1. The van der Waals surface area contributed by atoms with Crippen LogP contribution in [0.1, 0.15) is 41.2 Å². The molecule has 8 heteroatoms. The molecule has 2 heterocycles. The lowest BCUT2D eigenvalue weighted by atomic mass is 10.00. The summed E-state index contributed by atoms with van der Waals surface area (Å²) >= 11 is 0. The molecule has 0 aromatic heterocycles. The highest BCUT2D eigenvalue weighted by molar-refractivity contribution is 5.94. The van der Waals surface area contributed by atoms with Gasteiger partial charge < -0.3 is 15.2 Å². The second-order valence-corrected chi connectivity index (χ2v) is 9.90. The maximum Gasteiger partial charge on any atom is 0.414 e. The van der Waals surface area contributed by atoms with Gasteiger partial charge in [-0.15, -0.1) is 12.4 Å². The molecule has 37 heavy (non-hydrogen) atoms. The molecule has 1 unspecified atom stereocenters. The van der Waals surface area contributed by atoms with Gasteiger partial charge in [0.1, 0.15) is 12.7 Å². The van der Waals surface area contributed by atoms with E-state index in [9.17, 15) is 14.7 Å². The number of benzene rings is 3. The molecule has 3 aromatic rings. The van der Waals surface area contributed by atoms with Gasteiger partial charge in [-0.3, -0.25) is 14.6 Å². The maximum absolute atomic E-state index is 12.8. The van der Waals surface area contributed by atoms with Crippen LogP contribution in [-0.2, 0) is 16.1 Å². The molecule has 7 nitrogen and oxygen atoms in total. The summed E-state index contributed by atoms with van der Waals surface area (Å²) < 4.78 is 5.44. The lowest BCUT2D eigenvalue weighted by Crippen LogP contribution is -2.50. The highest BCUT2D eigenvalue weighted by Gasteiger charge is 2.34. The SMILES string of the molecule is Cc1ccc2c(c1)COC(=O)N2C1CCN(CC(=O)Nc2ccc3c(c2)-c2ccccc2C3O)CC1.Cl. The number of piperidine rings is 1. The van der Waals surface area contributed by atoms with Crippen LogP contribution in [0, 0.1) is 6.92 Å². The number of rotatable bonds is 4. The maximum atomic E-state index is 12.8. The number of likely N-dealkylation sites (tertiary alicyclic amines) is 1. The zero-order valence-electron chi connectivity index (χ0n) is 20.6. The van der Waals surface area contributed by atoms with E-state index in [1.54, 1.807) is 4.90 Å². The number of hydrogen-bond donors (Lipinski definition) is 2. The van der Waals surface area contributed by atoms with Crippen molar-refractivity contribution in [2.45, 2.75) is 38.5 Å². The Bertz CT molecular complexity index is 1350. The Kier molecular flexibility index (Phi) is 6.94. The highest BCUT2D eigenvalue weighted by Crippen LogP contribution is 2.44. The summed E-state index contributed by atoms with van der Waals surface area (Å²) in [6, 6.07) is 19.7. The fraction of sp³-hybridized carbons (Fsp3) is 0.310. The van der Waals surface area contributed by atoms with Gasteiger partial charge >= 0.3 is 6.09 Å². The monoisotopic (exact) mass is 519 g/mol. The number of carbonyl (C=O) groups excluding carboxylic acids is 2. The Hall–Kier alpha value is -3.39. The van der Waals surface area contributed by atoms with Gasteiger partial charge in [0.05, 0.1) is 12.2 Å². The topological polar surface area (TPSA) is 82.1 Å². The first-order valence-corrected chi connectivity index (χ1v) is 12.5. The molecule has 3 aromatic carbocycles. The predicted molar refractivity (Wildman–Crippen MR) is 145 cm³/mol. The van der Waals surface area contributed by atoms with Gasteiger partial charge in [-0.05, 0) is 60.2 Å². The van der Waals surface area contributed by atoms with Crippen molar-refractivity contribution in [2.24, 2.45) is 0 Å². The third-order valence-corrected chi connectivity index (χ3v) is 7.51. The number of amides is 2. The lowest BCUT2D eigenvalue weighted by molar-refractivity contribution is -0.117. The number of aliphatic hydroxyl groups is 1. The molecule has 0 spiro atoms. The minimum atomic E-state index is -0.629. The van der Waals surface area contributed by atoms with Crippen LogP contribution in [0.15, 0.2) is 60.7 Å². The molecule has 1 atom stereocenters. The van der Waals surface area contributed by atoms with E-state index in [1.807, 2.05) is 61.5 Å². The highest BCUT2D eigenvalue weighted by atomic mass is 35.5. The van der Waals surface area contributed by atoms with E-state index in [4.69, 9.17) is 4.74 Å². The molecule has 0 bridgehead atoms. The Morgan fingerprint density at radius 3 is 2.59 bits per heavy atom. The Balaban J connectivity index is 0.00000280. The quantitative estimate of drug-likeness (QED) is 0.505. The summed E-state index contributed by atoms with van der Waals surface area (Å²) in [5.74, 6) is -0.0709. The van der Waals surface area contributed by atoms with Crippen molar-refractivity contribution in [2.75, 3.05) is 29.9 Å². The van der Waals surface area contributed by atoms with E-state index in [-0.39, 0.29) is 30.4 Å². The zero-order chi connectivity index (χ0) is 24.8. The minimum Gasteiger partial charge on any atom is -0.444 e. The van der Waals surface area contributed by atoms with Gasteiger partial charge in [-0.2, -0.15) is 0 Å². The van der Waals surface area contributed by atoms with Crippen LogP contribution in [0.4, 0.5) is 16.2 Å². The van der Waals surface area contributed by atoms with Crippen LogP contribution in [0.5, 0.6) is 0 Å². The van der Waals surface area contributed by atoms with Crippen molar-refractivity contribution in [3.8, 4) is 11.1 Å². The van der Waals surface area contributed by atoms with Gasteiger partial charge in [0.15, 0.2) is 0 Å². The average Bonchev–Trinajstić information content (AvgIpc) is 3.16. The molecule has 0 radical (unpaired) electrons. The number of aliphatic hydroxyl groups excluding tert-OH is 1. The van der Waals surface area contributed by atoms with Crippen molar-refractivity contribution in [1.82, 2.24) is 4.90 Å². The zero-order valence-corrected chi connectivity index (χ0v) is 21.5. The molecule has 1 fully saturated rings. The Morgan fingerprint density at radius 1 is 1.03 bits per heavy atom. The van der Waals surface area contributed by atoms with Crippen LogP contribution >= 0.6 is 12.4 Å². The second-order valence-electron chi connectivity index (χ2n) is 9.90. The van der Waals surface area contributed by atoms with E-state index >= 15 is 0 Å². The van der Waals surface area contributed by atoms with E-state index in [0.717, 1.165) is 70.7 Å². The molecule has 3 aliphatic rings. The summed E-state index contributed by atoms with van der Waals surface area (Å²) in [6.07, 6.45) is 0.646. The second kappa shape index (κ2) is 10.2. The molecule has 2 N–H and O–H groups in total. The number of carbonyl (C=O) groups is 2. The van der Waals surface area contributed by atoms with Gasteiger partial charge in [0, 0.05) is 30.4 Å².